The number of hydrogen-bond donors (Lipinski definition) is 2. The zero-order valence-corrected chi connectivity index (χ0v) is 10.8. The van der Waals surface area contributed by atoms with Gasteiger partial charge in [-0.1, -0.05) is 20.8 Å². The van der Waals surface area contributed by atoms with E-state index in [1.54, 1.807) is 0 Å². The normalized spacial score (nSPS) is 11.6. The molecule has 0 atom stereocenters. The number of likely N-dealkylation sites (N-methyl/N-ethyl adjacent to an activating group) is 2. The first-order valence-electron chi connectivity index (χ1n) is 6.11. The van der Waals surface area contributed by atoms with Crippen LogP contribution >= 0.6 is 0 Å². The Hall–Kier alpha value is -0.160. The second-order valence-electron chi connectivity index (χ2n) is 3.78. The predicted molar refractivity (Wildman–Crippen MR) is 67.0 cm³/mol. The van der Waals surface area contributed by atoms with Crippen molar-refractivity contribution in [1.82, 2.24) is 20.7 Å². The Labute approximate surface area is 95.0 Å². The molecule has 4 heteroatoms. The van der Waals surface area contributed by atoms with Gasteiger partial charge in [-0.2, -0.15) is 0 Å². The van der Waals surface area contributed by atoms with Gasteiger partial charge < -0.3 is 9.80 Å². The number of nitrogens with zero attached hydrogens (tertiary/aromatic N) is 2. The van der Waals surface area contributed by atoms with Crippen molar-refractivity contribution in [1.29, 1.82) is 0 Å². The average molecular weight is 216 g/mol. The largest absolute Gasteiger partial charge is 0.305 e. The van der Waals surface area contributed by atoms with Gasteiger partial charge in [0.05, 0.1) is 0 Å². The Kier molecular flexibility index (Phi) is 10.3. The molecular formula is C11H28N4. The lowest BCUT2D eigenvalue weighted by Gasteiger charge is -2.19. The summed E-state index contributed by atoms with van der Waals surface area (Å²) < 4.78 is 0. The number of hydrogen-bond acceptors (Lipinski definition) is 4. The molecule has 2 N–H and O–H groups in total. The molecule has 0 bridgehead atoms. The zero-order chi connectivity index (χ0) is 11.5. The molecule has 0 aromatic rings. The summed E-state index contributed by atoms with van der Waals surface area (Å²) in [5, 5.41) is 0. The first-order chi connectivity index (χ1) is 7.24. The molecule has 15 heavy (non-hydrogen) atoms. The first-order valence-corrected chi connectivity index (χ1v) is 6.11. The van der Waals surface area contributed by atoms with Crippen LogP contribution in [0.5, 0.6) is 0 Å². The summed E-state index contributed by atoms with van der Waals surface area (Å²) in [5.41, 5.74) is 6.48. The minimum Gasteiger partial charge on any atom is -0.305 e. The van der Waals surface area contributed by atoms with Crippen LogP contribution in [-0.2, 0) is 0 Å². The summed E-state index contributed by atoms with van der Waals surface area (Å²) in [4.78, 5) is 4.70. The van der Waals surface area contributed by atoms with Crippen LogP contribution in [-0.4, -0.2) is 62.7 Å². The number of rotatable bonds is 10. The van der Waals surface area contributed by atoms with E-state index in [2.05, 4.69) is 48.5 Å². The van der Waals surface area contributed by atoms with E-state index in [-0.39, 0.29) is 0 Å². The van der Waals surface area contributed by atoms with E-state index in [9.17, 15) is 0 Å². The Bertz CT molecular complexity index is 126. The monoisotopic (exact) mass is 216 g/mol. The van der Waals surface area contributed by atoms with Gasteiger partial charge in [-0.25, -0.2) is 0 Å². The van der Waals surface area contributed by atoms with Crippen LogP contribution in [0.15, 0.2) is 0 Å². The van der Waals surface area contributed by atoms with Gasteiger partial charge in [-0.05, 0) is 26.7 Å². The maximum Gasteiger partial charge on any atom is 0.0228 e. The maximum absolute atomic E-state index is 3.25. The summed E-state index contributed by atoms with van der Waals surface area (Å²) in [6.07, 6.45) is 0. The van der Waals surface area contributed by atoms with Gasteiger partial charge in [0, 0.05) is 26.2 Å². The van der Waals surface area contributed by atoms with Gasteiger partial charge in [0.15, 0.2) is 0 Å². The molecule has 0 heterocycles. The Morgan fingerprint density at radius 3 is 1.80 bits per heavy atom. The third-order valence-corrected chi connectivity index (χ3v) is 2.73. The van der Waals surface area contributed by atoms with E-state index in [1.165, 1.54) is 0 Å². The van der Waals surface area contributed by atoms with Crippen molar-refractivity contribution < 1.29 is 0 Å². The highest BCUT2D eigenvalue weighted by Gasteiger charge is 1.97. The summed E-state index contributed by atoms with van der Waals surface area (Å²) in [7, 11) is 2.14. The molecule has 0 spiro atoms. The van der Waals surface area contributed by atoms with E-state index in [0.29, 0.717) is 0 Å². The highest BCUT2D eigenvalue weighted by atomic mass is 15.4. The lowest BCUT2D eigenvalue weighted by atomic mass is 10.5. The minimum absolute atomic E-state index is 1.00. The Morgan fingerprint density at radius 2 is 1.33 bits per heavy atom. The van der Waals surface area contributed by atoms with Crippen molar-refractivity contribution in [2.24, 2.45) is 0 Å². The lowest BCUT2D eigenvalue weighted by molar-refractivity contribution is 0.289. The topological polar surface area (TPSA) is 30.5 Å². The molecule has 4 nitrogen and oxygen atoms in total. The van der Waals surface area contributed by atoms with Crippen molar-refractivity contribution in [3.63, 3.8) is 0 Å². The second kappa shape index (κ2) is 10.4. The quantitative estimate of drug-likeness (QED) is 0.408. The molecule has 0 unspecified atom stereocenters. The minimum atomic E-state index is 1.00. The average Bonchev–Trinajstić information content (AvgIpc) is 2.28. The van der Waals surface area contributed by atoms with Gasteiger partial charge in [0.25, 0.3) is 0 Å². The van der Waals surface area contributed by atoms with Crippen LogP contribution in [0.1, 0.15) is 20.8 Å². The van der Waals surface area contributed by atoms with Crippen LogP contribution in [0, 0.1) is 0 Å². The van der Waals surface area contributed by atoms with Crippen molar-refractivity contribution in [2.45, 2.75) is 20.8 Å². The Balaban J connectivity index is 3.17. The summed E-state index contributed by atoms with van der Waals surface area (Å²) in [5.74, 6) is 0. The molecule has 0 amide bonds. The van der Waals surface area contributed by atoms with Crippen LogP contribution in [0.2, 0.25) is 0 Å². The predicted octanol–water partition coefficient (Wildman–Crippen LogP) is 0.374. The molecule has 0 aliphatic rings. The maximum atomic E-state index is 3.25. The standard InChI is InChI=1S/C11H28N4/c1-5-14(4)10-8-12-13-9-11-15(6-2)7-3/h12-13H,5-11H2,1-4H3. The van der Waals surface area contributed by atoms with Crippen LogP contribution < -0.4 is 10.9 Å². The van der Waals surface area contributed by atoms with Gasteiger partial charge in [-0.15, -0.1) is 0 Å². The van der Waals surface area contributed by atoms with E-state index in [4.69, 9.17) is 0 Å². The fourth-order valence-corrected chi connectivity index (χ4v) is 1.34. The summed E-state index contributed by atoms with van der Waals surface area (Å²) >= 11 is 0. The molecule has 0 aromatic heterocycles. The van der Waals surface area contributed by atoms with Gasteiger partial charge in [0.2, 0.25) is 0 Å². The molecule has 0 radical (unpaired) electrons. The fraction of sp³-hybridized carbons (Fsp3) is 1.00. The van der Waals surface area contributed by atoms with E-state index in [1.807, 2.05) is 0 Å². The molecule has 0 fully saturated rings. The van der Waals surface area contributed by atoms with E-state index < -0.39 is 0 Å². The second-order valence-corrected chi connectivity index (χ2v) is 3.78. The molecule has 0 aliphatic carbocycles. The molecule has 0 saturated carbocycles. The van der Waals surface area contributed by atoms with Gasteiger partial charge in [0.1, 0.15) is 0 Å². The van der Waals surface area contributed by atoms with Crippen molar-refractivity contribution in [3.05, 3.63) is 0 Å². The SMILES string of the molecule is CCN(C)CCNNCCN(CC)CC. The lowest BCUT2D eigenvalue weighted by Crippen LogP contribution is -2.42. The fourth-order valence-electron chi connectivity index (χ4n) is 1.34. The van der Waals surface area contributed by atoms with Crippen LogP contribution in [0.4, 0.5) is 0 Å². The molecule has 0 rings (SSSR count). The van der Waals surface area contributed by atoms with Crippen molar-refractivity contribution >= 4 is 0 Å². The van der Waals surface area contributed by atoms with E-state index in [0.717, 1.165) is 45.8 Å². The van der Waals surface area contributed by atoms with Crippen molar-refractivity contribution in [2.75, 3.05) is 52.9 Å². The number of nitrogens with one attached hydrogen (secondary N) is 2. The molecule has 0 aliphatic heterocycles. The first kappa shape index (κ1) is 14.8. The highest BCUT2D eigenvalue weighted by molar-refractivity contribution is 4.54. The smallest absolute Gasteiger partial charge is 0.0228 e. The molecule has 0 aromatic carbocycles. The summed E-state index contributed by atoms with van der Waals surface area (Å²) in [6.45, 7) is 14.2. The molecular weight excluding hydrogens is 188 g/mol. The molecule has 0 saturated heterocycles. The highest BCUT2D eigenvalue weighted by Crippen LogP contribution is 1.83. The summed E-state index contributed by atoms with van der Waals surface area (Å²) in [6, 6.07) is 0. The zero-order valence-electron chi connectivity index (χ0n) is 10.8. The molecule has 92 valence electrons. The van der Waals surface area contributed by atoms with Gasteiger partial charge >= 0.3 is 0 Å². The Morgan fingerprint density at radius 1 is 0.800 bits per heavy atom. The third kappa shape index (κ3) is 8.81. The third-order valence-electron chi connectivity index (χ3n) is 2.73. The van der Waals surface area contributed by atoms with Crippen LogP contribution in [0.3, 0.4) is 0 Å². The van der Waals surface area contributed by atoms with Crippen molar-refractivity contribution in [3.8, 4) is 0 Å². The van der Waals surface area contributed by atoms with Gasteiger partial charge in [-0.3, -0.25) is 10.9 Å². The van der Waals surface area contributed by atoms with E-state index >= 15 is 0 Å². The number of hydrazine groups is 1. The van der Waals surface area contributed by atoms with Crippen LogP contribution in [0.25, 0.3) is 0 Å².